The molecule has 1 saturated carbocycles. The molecule has 0 radical (unpaired) electrons. The van der Waals surface area contributed by atoms with E-state index in [0.29, 0.717) is 45.5 Å². The Morgan fingerprint density at radius 2 is 1.77 bits per heavy atom. The van der Waals surface area contributed by atoms with Gasteiger partial charge in [0.05, 0.1) is 18.8 Å². The Labute approximate surface area is 240 Å². The number of thioether (sulfide) groups is 1. The lowest BCUT2D eigenvalue weighted by atomic mass is 9.92. The van der Waals surface area contributed by atoms with Crippen LogP contribution in [0.3, 0.4) is 0 Å². The molecule has 0 amide bonds. The number of nitrogens with one attached hydrogen (secondary N) is 1. The highest BCUT2D eigenvalue weighted by Crippen LogP contribution is 2.38. The monoisotopic (exact) mass is 622 g/mol. The molecule has 214 valence electrons. The van der Waals surface area contributed by atoms with Crippen LogP contribution in [-0.4, -0.2) is 25.1 Å². The van der Waals surface area contributed by atoms with Crippen molar-refractivity contribution in [3.05, 3.63) is 81.6 Å². The van der Waals surface area contributed by atoms with Gasteiger partial charge in [0.25, 0.3) is 0 Å². The molecule has 1 aliphatic carbocycles. The van der Waals surface area contributed by atoms with Gasteiger partial charge in [-0.25, -0.2) is 9.78 Å². The number of hydrogen-bond acceptors (Lipinski definition) is 5. The van der Waals surface area contributed by atoms with Crippen LogP contribution < -0.4 is 14.5 Å². The van der Waals surface area contributed by atoms with Gasteiger partial charge in [-0.3, -0.25) is 0 Å². The second kappa shape index (κ2) is 13.3. The summed E-state index contributed by atoms with van der Waals surface area (Å²) < 4.78 is 80.9. The number of halogens is 7. The highest BCUT2D eigenvalue weighted by molar-refractivity contribution is 8.13. The number of carbonyl (C=O) groups is 1. The van der Waals surface area contributed by atoms with Crippen LogP contribution in [-0.2, 0) is 17.3 Å². The zero-order chi connectivity index (χ0) is 28.9. The molecule has 0 spiro atoms. The van der Waals surface area contributed by atoms with Crippen molar-refractivity contribution in [1.82, 2.24) is 0 Å². The van der Waals surface area contributed by atoms with Gasteiger partial charge in [0.2, 0.25) is 0 Å². The van der Waals surface area contributed by atoms with E-state index in [-0.39, 0.29) is 29.4 Å². The second-order valence-corrected chi connectivity index (χ2v) is 10.9. The smallest absolute Gasteiger partial charge is 0.416 e. The Kier molecular flexibility index (Phi) is 10.0. The van der Waals surface area contributed by atoms with E-state index < -0.39 is 29.6 Å². The lowest BCUT2D eigenvalue weighted by molar-refractivity contribution is -0.377. The number of ether oxygens (including phenoxy) is 3. The predicted octanol–water partition coefficient (Wildman–Crippen LogP) is 8.47. The maximum atomic E-state index is 13.0. The number of alkyl halides is 5. The van der Waals surface area contributed by atoms with Gasteiger partial charge in [0.1, 0.15) is 10.0 Å². The van der Waals surface area contributed by atoms with Crippen molar-refractivity contribution in [1.29, 1.82) is 0 Å². The number of hydrogen-bond donors (Lipinski definition) is 0. The summed E-state index contributed by atoms with van der Waals surface area (Å²) in [5, 5.41) is -0.180. The van der Waals surface area contributed by atoms with Gasteiger partial charge in [-0.1, -0.05) is 35.3 Å². The molecule has 1 atom stereocenters. The minimum absolute atomic E-state index is 0.0605. The van der Waals surface area contributed by atoms with E-state index in [1.165, 1.54) is 42.7 Å². The number of carbonyl (C=O) groups excluding carboxylic acids is 1. The van der Waals surface area contributed by atoms with Crippen molar-refractivity contribution >= 4 is 40.3 Å². The molecule has 0 unspecified atom stereocenters. The van der Waals surface area contributed by atoms with Crippen molar-refractivity contribution in [2.24, 2.45) is 5.92 Å². The Balaban J connectivity index is 1.56. The molecule has 0 saturated heterocycles. The molecule has 4 rings (SSSR count). The van der Waals surface area contributed by atoms with Crippen LogP contribution in [0, 0.1) is 5.92 Å². The van der Waals surface area contributed by atoms with Crippen LogP contribution >= 0.6 is 35.0 Å². The Morgan fingerprint density at radius 1 is 1.05 bits per heavy atom. The Hall–Kier alpha value is -2.76. The summed E-state index contributed by atoms with van der Waals surface area (Å²) in [6.45, 7) is -2.94. The van der Waals surface area contributed by atoms with Crippen LogP contribution in [0.5, 0.6) is 11.5 Å². The van der Waals surface area contributed by atoms with Crippen LogP contribution in [0.25, 0.3) is 0 Å². The third-order valence-electron chi connectivity index (χ3n) is 6.04. The largest absolute Gasteiger partial charge is 0.489 e. The highest BCUT2D eigenvalue weighted by atomic mass is 35.5. The molecule has 1 aromatic heterocycles. The maximum absolute atomic E-state index is 13.0. The minimum Gasteiger partial charge on any atom is -0.489 e. The van der Waals surface area contributed by atoms with Crippen molar-refractivity contribution in [2.75, 3.05) is 13.2 Å². The zero-order valence-corrected chi connectivity index (χ0v) is 23.0. The van der Waals surface area contributed by atoms with Gasteiger partial charge in [-0.2, -0.15) is 22.0 Å². The molecule has 1 N–H and O–H groups in total. The first-order valence-corrected chi connectivity index (χ1v) is 13.6. The van der Waals surface area contributed by atoms with E-state index >= 15 is 0 Å². The van der Waals surface area contributed by atoms with Crippen molar-refractivity contribution in [3.63, 3.8) is 0 Å². The van der Waals surface area contributed by atoms with Crippen LogP contribution in [0.15, 0.2) is 59.8 Å². The topological polar surface area (TPSA) is 58.9 Å². The Morgan fingerprint density at radius 3 is 2.42 bits per heavy atom. The molecule has 1 heterocycles. The standard InChI is InChI=1S/C27H22Cl2F5NO4S/c28-21-11-35-12-22(29)20(21)8-17(14-38-26(36)40-19-3-1-2-18(10-19)27(32,33)34)16-6-7-23(39-25(30)31)24(9-16)37-13-15-4-5-15/h1-3,6-7,9-12,15,17,25H,4-5,8,13-14H2/p+1/t17-/m1/s1. The number of aromatic amines is 1. The molecule has 0 bridgehead atoms. The average Bonchev–Trinajstić information content (AvgIpc) is 3.71. The number of rotatable bonds is 11. The first kappa shape index (κ1) is 30.2. The molecular weight excluding hydrogens is 600 g/mol. The first-order chi connectivity index (χ1) is 19.0. The SMILES string of the molecule is O=C(OC[C@@H](Cc1c(Cl)c[nH+]cc1Cl)c1ccc(OC(F)F)c(OCC2CC2)c1)Sc1cccc(C(F)(F)F)c1. The third-order valence-corrected chi connectivity index (χ3v) is 7.49. The first-order valence-electron chi connectivity index (χ1n) is 12.1. The van der Waals surface area contributed by atoms with Crippen LogP contribution in [0.2, 0.25) is 10.0 Å². The van der Waals surface area contributed by atoms with E-state index in [2.05, 4.69) is 9.72 Å². The number of aromatic nitrogens is 1. The summed E-state index contributed by atoms with van der Waals surface area (Å²) in [4.78, 5) is 15.5. The van der Waals surface area contributed by atoms with E-state index in [0.717, 1.165) is 25.0 Å². The van der Waals surface area contributed by atoms with E-state index in [1.54, 1.807) is 0 Å². The molecule has 5 nitrogen and oxygen atoms in total. The van der Waals surface area contributed by atoms with Gasteiger partial charge in [-0.05, 0) is 72.8 Å². The number of benzene rings is 2. The Bertz CT molecular complexity index is 1320. The molecule has 0 aliphatic heterocycles. The predicted molar refractivity (Wildman–Crippen MR) is 139 cm³/mol. The summed E-state index contributed by atoms with van der Waals surface area (Å²) in [7, 11) is 0. The van der Waals surface area contributed by atoms with Gasteiger partial charge < -0.3 is 14.2 Å². The van der Waals surface area contributed by atoms with Gasteiger partial charge in [0.15, 0.2) is 23.9 Å². The summed E-state index contributed by atoms with van der Waals surface area (Å²) >= 11 is 13.2. The van der Waals surface area contributed by atoms with Gasteiger partial charge in [0, 0.05) is 16.4 Å². The lowest BCUT2D eigenvalue weighted by Gasteiger charge is -2.20. The summed E-state index contributed by atoms with van der Waals surface area (Å²) in [5.74, 6) is -0.267. The molecule has 2 aromatic carbocycles. The molecule has 1 fully saturated rings. The van der Waals surface area contributed by atoms with E-state index in [9.17, 15) is 26.7 Å². The second-order valence-electron chi connectivity index (χ2n) is 9.06. The van der Waals surface area contributed by atoms with E-state index in [4.69, 9.17) is 32.7 Å². The summed E-state index contributed by atoms with van der Waals surface area (Å²) in [6.07, 6.45) is 0.642. The van der Waals surface area contributed by atoms with Crippen LogP contribution in [0.1, 0.15) is 35.4 Å². The van der Waals surface area contributed by atoms with Crippen LogP contribution in [0.4, 0.5) is 26.7 Å². The van der Waals surface area contributed by atoms with E-state index in [1.807, 2.05) is 0 Å². The average molecular weight is 623 g/mol. The molecular formula is C27H23Cl2F5NO4S+. The van der Waals surface area contributed by atoms with Gasteiger partial charge in [-0.15, -0.1) is 0 Å². The van der Waals surface area contributed by atoms with Crippen molar-refractivity contribution < 1.29 is 45.9 Å². The summed E-state index contributed by atoms with van der Waals surface area (Å²) in [6, 6.07) is 8.74. The zero-order valence-electron chi connectivity index (χ0n) is 20.7. The highest BCUT2D eigenvalue weighted by Gasteiger charge is 2.31. The molecule has 3 aromatic rings. The number of pyridine rings is 1. The molecule has 40 heavy (non-hydrogen) atoms. The van der Waals surface area contributed by atoms with Crippen molar-refractivity contribution in [2.45, 2.75) is 42.9 Å². The summed E-state index contributed by atoms with van der Waals surface area (Å²) in [5.41, 5.74) is 0.212. The molecule has 1 aliphatic rings. The normalized spacial score (nSPS) is 14.2. The molecule has 13 heteroatoms. The van der Waals surface area contributed by atoms with Crippen molar-refractivity contribution in [3.8, 4) is 11.5 Å². The fourth-order valence-corrected chi connectivity index (χ4v) is 4.98. The quantitative estimate of drug-likeness (QED) is 0.122. The maximum Gasteiger partial charge on any atom is 0.416 e. The fraction of sp³-hybridized carbons (Fsp3) is 0.333. The lowest BCUT2D eigenvalue weighted by Crippen LogP contribution is -2.15. The fourth-order valence-electron chi connectivity index (χ4n) is 3.80. The third kappa shape index (κ3) is 8.62. The minimum atomic E-state index is -4.56. The number of H-pyrrole nitrogens is 1. The van der Waals surface area contributed by atoms with Gasteiger partial charge >= 0.3 is 18.1 Å².